The van der Waals surface area contributed by atoms with Crippen molar-refractivity contribution in [2.75, 3.05) is 44.7 Å². The molecule has 8 heteroatoms. The van der Waals surface area contributed by atoms with Gasteiger partial charge in [0.15, 0.2) is 5.82 Å². The molecule has 0 saturated carbocycles. The van der Waals surface area contributed by atoms with E-state index >= 15 is 0 Å². The standard InChI is InChI=1S/C16H23N7O/c1-22-10-7-17-11-13(22)14-20-15(24-21-14)12-5-6-18-16(19-12)23-8-3-2-4-9-23/h5-6,13,17H,2-4,7-11H2,1H3. The molecule has 8 nitrogen and oxygen atoms in total. The first-order valence-corrected chi connectivity index (χ1v) is 8.64. The highest BCUT2D eigenvalue weighted by Gasteiger charge is 2.26. The highest BCUT2D eigenvalue weighted by atomic mass is 16.5. The summed E-state index contributed by atoms with van der Waals surface area (Å²) in [6, 6.07) is 1.97. The van der Waals surface area contributed by atoms with Gasteiger partial charge in [-0.3, -0.25) is 4.90 Å². The Morgan fingerprint density at radius 3 is 2.88 bits per heavy atom. The number of hydrogen-bond donors (Lipinski definition) is 1. The predicted octanol–water partition coefficient (Wildman–Crippen LogP) is 1.09. The first-order chi connectivity index (χ1) is 11.8. The van der Waals surface area contributed by atoms with Gasteiger partial charge in [0.25, 0.3) is 5.89 Å². The molecule has 1 atom stereocenters. The second-order valence-electron chi connectivity index (χ2n) is 6.45. The fourth-order valence-corrected chi connectivity index (χ4v) is 3.28. The molecule has 0 bridgehead atoms. The molecule has 0 aliphatic carbocycles. The van der Waals surface area contributed by atoms with Gasteiger partial charge in [0.1, 0.15) is 5.69 Å². The van der Waals surface area contributed by atoms with Gasteiger partial charge >= 0.3 is 0 Å². The van der Waals surface area contributed by atoms with Gasteiger partial charge in [-0.05, 0) is 32.4 Å². The molecule has 2 aliphatic heterocycles. The summed E-state index contributed by atoms with van der Waals surface area (Å²) >= 11 is 0. The Kier molecular flexibility index (Phi) is 4.40. The number of anilines is 1. The molecule has 1 unspecified atom stereocenters. The van der Waals surface area contributed by atoms with E-state index in [1.54, 1.807) is 6.20 Å². The van der Waals surface area contributed by atoms with E-state index in [0.717, 1.165) is 38.7 Å². The van der Waals surface area contributed by atoms with Crippen LogP contribution < -0.4 is 10.2 Å². The summed E-state index contributed by atoms with van der Waals surface area (Å²) in [6.45, 7) is 4.82. The molecule has 2 fully saturated rings. The lowest BCUT2D eigenvalue weighted by Crippen LogP contribution is -2.44. The molecular formula is C16H23N7O. The van der Waals surface area contributed by atoms with Gasteiger partial charge in [-0.1, -0.05) is 5.16 Å². The van der Waals surface area contributed by atoms with Gasteiger partial charge in [0.2, 0.25) is 5.95 Å². The number of piperazine rings is 1. The maximum atomic E-state index is 5.47. The Morgan fingerprint density at radius 1 is 1.17 bits per heavy atom. The Morgan fingerprint density at radius 2 is 2.04 bits per heavy atom. The summed E-state index contributed by atoms with van der Waals surface area (Å²) in [4.78, 5) is 18.1. The van der Waals surface area contributed by atoms with Crippen LogP contribution in [0.5, 0.6) is 0 Å². The van der Waals surface area contributed by atoms with Crippen LogP contribution in [0.4, 0.5) is 5.95 Å². The third-order valence-corrected chi connectivity index (χ3v) is 4.75. The monoisotopic (exact) mass is 329 g/mol. The lowest BCUT2D eigenvalue weighted by Gasteiger charge is -2.30. The predicted molar refractivity (Wildman–Crippen MR) is 89.6 cm³/mol. The van der Waals surface area contributed by atoms with Gasteiger partial charge in [-0.15, -0.1) is 0 Å². The maximum absolute atomic E-state index is 5.47. The van der Waals surface area contributed by atoms with E-state index in [4.69, 9.17) is 4.52 Å². The molecule has 0 amide bonds. The summed E-state index contributed by atoms with van der Waals surface area (Å²) in [5.41, 5.74) is 0.691. The van der Waals surface area contributed by atoms with E-state index < -0.39 is 0 Å². The molecule has 0 spiro atoms. The van der Waals surface area contributed by atoms with Crippen LogP contribution in [0.15, 0.2) is 16.8 Å². The van der Waals surface area contributed by atoms with Crippen LogP contribution in [0.3, 0.4) is 0 Å². The molecule has 1 N–H and O–H groups in total. The van der Waals surface area contributed by atoms with E-state index in [1.165, 1.54) is 19.3 Å². The van der Waals surface area contributed by atoms with E-state index in [-0.39, 0.29) is 6.04 Å². The fourth-order valence-electron chi connectivity index (χ4n) is 3.28. The molecule has 24 heavy (non-hydrogen) atoms. The molecule has 4 rings (SSSR count). The van der Waals surface area contributed by atoms with Crippen LogP contribution >= 0.6 is 0 Å². The minimum Gasteiger partial charge on any atom is -0.341 e. The van der Waals surface area contributed by atoms with Crippen LogP contribution in [-0.2, 0) is 0 Å². The van der Waals surface area contributed by atoms with Crippen LogP contribution in [0.2, 0.25) is 0 Å². The summed E-state index contributed by atoms with van der Waals surface area (Å²) in [5, 5.41) is 7.54. The number of aromatic nitrogens is 4. The van der Waals surface area contributed by atoms with Crippen molar-refractivity contribution < 1.29 is 4.52 Å². The lowest BCUT2D eigenvalue weighted by atomic mass is 10.1. The quantitative estimate of drug-likeness (QED) is 0.896. The third-order valence-electron chi connectivity index (χ3n) is 4.75. The zero-order chi connectivity index (χ0) is 16.4. The van der Waals surface area contributed by atoms with Crippen molar-refractivity contribution >= 4 is 5.95 Å². The van der Waals surface area contributed by atoms with Crippen molar-refractivity contribution in [3.8, 4) is 11.6 Å². The molecule has 0 radical (unpaired) electrons. The SMILES string of the molecule is CN1CCNCC1c1noc(-c2ccnc(N3CCCCC3)n2)n1. The molecule has 0 aromatic carbocycles. The van der Waals surface area contributed by atoms with Crippen molar-refractivity contribution in [2.45, 2.75) is 25.3 Å². The number of rotatable bonds is 3. The molecule has 4 heterocycles. The lowest BCUT2D eigenvalue weighted by molar-refractivity contribution is 0.190. The number of piperidine rings is 1. The first kappa shape index (κ1) is 15.5. The summed E-state index contributed by atoms with van der Waals surface area (Å²) in [7, 11) is 2.08. The highest BCUT2D eigenvalue weighted by Crippen LogP contribution is 2.23. The van der Waals surface area contributed by atoms with Gasteiger partial charge in [0, 0.05) is 38.9 Å². The second kappa shape index (κ2) is 6.82. The van der Waals surface area contributed by atoms with Crippen molar-refractivity contribution in [1.29, 1.82) is 0 Å². The average molecular weight is 329 g/mol. The van der Waals surface area contributed by atoms with Gasteiger partial charge in [-0.2, -0.15) is 4.98 Å². The van der Waals surface area contributed by atoms with Crippen molar-refractivity contribution in [1.82, 2.24) is 30.3 Å². The average Bonchev–Trinajstić information content (AvgIpc) is 3.13. The third kappa shape index (κ3) is 3.11. The number of nitrogens with one attached hydrogen (secondary N) is 1. The number of hydrogen-bond acceptors (Lipinski definition) is 8. The normalized spacial score (nSPS) is 22.7. The fraction of sp³-hybridized carbons (Fsp3) is 0.625. The van der Waals surface area contributed by atoms with E-state index in [1.807, 2.05) is 6.07 Å². The molecule has 2 aromatic heterocycles. The van der Waals surface area contributed by atoms with Crippen LogP contribution in [0.1, 0.15) is 31.1 Å². The van der Waals surface area contributed by atoms with Crippen molar-refractivity contribution in [2.24, 2.45) is 0 Å². The van der Waals surface area contributed by atoms with Gasteiger partial charge in [-0.25, -0.2) is 9.97 Å². The van der Waals surface area contributed by atoms with Crippen LogP contribution in [-0.4, -0.2) is 64.8 Å². The number of likely N-dealkylation sites (N-methyl/N-ethyl adjacent to an activating group) is 1. The Labute approximate surface area is 141 Å². The highest BCUT2D eigenvalue weighted by molar-refractivity contribution is 5.49. The van der Waals surface area contributed by atoms with Crippen LogP contribution in [0.25, 0.3) is 11.6 Å². The minimum absolute atomic E-state index is 0.139. The first-order valence-electron chi connectivity index (χ1n) is 8.64. The van der Waals surface area contributed by atoms with Crippen LogP contribution in [0, 0.1) is 0 Å². The van der Waals surface area contributed by atoms with E-state index in [0.29, 0.717) is 17.4 Å². The molecule has 2 saturated heterocycles. The Balaban J connectivity index is 1.55. The van der Waals surface area contributed by atoms with Crippen molar-refractivity contribution in [3.05, 3.63) is 18.1 Å². The minimum atomic E-state index is 0.139. The van der Waals surface area contributed by atoms with E-state index in [9.17, 15) is 0 Å². The Bertz CT molecular complexity index is 683. The number of nitrogens with zero attached hydrogens (tertiary/aromatic N) is 6. The second-order valence-corrected chi connectivity index (χ2v) is 6.45. The maximum Gasteiger partial charge on any atom is 0.276 e. The summed E-state index contributed by atoms with van der Waals surface area (Å²) in [6.07, 6.45) is 5.44. The summed E-state index contributed by atoms with van der Waals surface area (Å²) < 4.78 is 5.47. The van der Waals surface area contributed by atoms with Gasteiger partial charge in [0.05, 0.1) is 6.04 Å². The topological polar surface area (TPSA) is 83.2 Å². The van der Waals surface area contributed by atoms with Gasteiger partial charge < -0.3 is 14.7 Å². The largest absolute Gasteiger partial charge is 0.341 e. The molecule has 2 aromatic rings. The molecule has 128 valence electrons. The van der Waals surface area contributed by atoms with Crippen molar-refractivity contribution in [3.63, 3.8) is 0 Å². The van der Waals surface area contributed by atoms with E-state index in [2.05, 4.69) is 42.3 Å². The molecule has 2 aliphatic rings. The summed E-state index contributed by atoms with van der Waals surface area (Å²) in [5.74, 6) is 1.92. The zero-order valence-electron chi connectivity index (χ0n) is 14.0. The molecular weight excluding hydrogens is 306 g/mol. The zero-order valence-corrected chi connectivity index (χ0v) is 14.0. The smallest absolute Gasteiger partial charge is 0.276 e. The Hall–Kier alpha value is -2.06.